The van der Waals surface area contributed by atoms with E-state index in [-0.39, 0.29) is 34.4 Å². The van der Waals surface area contributed by atoms with Crippen LogP contribution in [0.15, 0.2) is 48.5 Å². The molecule has 2 aromatic rings. The number of methoxy groups -OCH3 is 1. The lowest BCUT2D eigenvalue weighted by Crippen LogP contribution is -2.31. The minimum Gasteiger partial charge on any atom is -0.490 e. The van der Waals surface area contributed by atoms with Crippen LogP contribution in [-0.2, 0) is 0 Å². The maximum absolute atomic E-state index is 12.7. The lowest BCUT2D eigenvalue weighted by Gasteiger charge is -2.27. The lowest BCUT2D eigenvalue weighted by atomic mass is 9.85. The van der Waals surface area contributed by atoms with Crippen molar-refractivity contribution in [3.05, 3.63) is 69.8 Å². The Bertz CT molecular complexity index is 782. The molecule has 1 N–H and O–H groups in total. The van der Waals surface area contributed by atoms with Gasteiger partial charge in [-0.3, -0.25) is 14.9 Å². The van der Waals surface area contributed by atoms with Crippen LogP contribution >= 0.6 is 0 Å². The van der Waals surface area contributed by atoms with Crippen molar-refractivity contribution in [2.45, 2.75) is 33.2 Å². The fraction of sp³-hybridized carbons (Fsp3) is 0.350. The van der Waals surface area contributed by atoms with Gasteiger partial charge in [0, 0.05) is 11.6 Å². The van der Waals surface area contributed by atoms with E-state index in [0.29, 0.717) is 0 Å². The number of rotatable bonds is 6. The molecule has 26 heavy (non-hydrogen) atoms. The van der Waals surface area contributed by atoms with E-state index in [0.717, 1.165) is 12.0 Å². The van der Waals surface area contributed by atoms with E-state index in [1.165, 1.54) is 25.3 Å². The lowest BCUT2D eigenvalue weighted by molar-refractivity contribution is -0.385. The molecule has 1 unspecified atom stereocenters. The summed E-state index contributed by atoms with van der Waals surface area (Å²) in [7, 11) is 1.36. The number of ether oxygens (including phenoxy) is 1. The first-order valence-electron chi connectivity index (χ1n) is 8.39. The maximum Gasteiger partial charge on any atom is 0.311 e. The van der Waals surface area contributed by atoms with Crippen molar-refractivity contribution in [2.24, 2.45) is 5.41 Å². The zero-order valence-electron chi connectivity index (χ0n) is 15.5. The van der Waals surface area contributed by atoms with Crippen LogP contribution < -0.4 is 10.1 Å². The molecule has 6 heteroatoms. The molecule has 0 aliphatic heterocycles. The molecule has 138 valence electrons. The van der Waals surface area contributed by atoms with Crippen molar-refractivity contribution >= 4 is 11.6 Å². The third kappa shape index (κ3) is 5.05. The molecule has 0 spiro atoms. The minimum atomic E-state index is -0.556. The molecule has 0 aromatic heterocycles. The van der Waals surface area contributed by atoms with Crippen LogP contribution in [0.2, 0.25) is 0 Å². The zero-order chi connectivity index (χ0) is 19.3. The number of nitro groups is 1. The molecule has 0 saturated heterocycles. The van der Waals surface area contributed by atoms with Gasteiger partial charge in [-0.15, -0.1) is 0 Å². The molecule has 0 saturated carbocycles. The molecule has 6 nitrogen and oxygen atoms in total. The standard InChI is InChI=1S/C20H24N2O4/c1-20(2,3)13-16(14-8-6-5-7-9-14)21-19(23)15-10-11-18(26-4)17(12-15)22(24)25/h5-12,16H,13H2,1-4H3,(H,21,23). The first-order valence-corrected chi connectivity index (χ1v) is 8.39. The van der Waals surface area contributed by atoms with Crippen molar-refractivity contribution in [3.63, 3.8) is 0 Å². The molecular weight excluding hydrogens is 332 g/mol. The van der Waals surface area contributed by atoms with Crippen LogP contribution in [0.5, 0.6) is 5.75 Å². The number of amides is 1. The molecule has 0 aliphatic carbocycles. The van der Waals surface area contributed by atoms with Gasteiger partial charge in [-0.1, -0.05) is 51.1 Å². The van der Waals surface area contributed by atoms with Crippen LogP contribution in [0.25, 0.3) is 0 Å². The smallest absolute Gasteiger partial charge is 0.311 e. The second-order valence-electron chi connectivity index (χ2n) is 7.35. The third-order valence-corrected chi connectivity index (χ3v) is 3.96. The van der Waals surface area contributed by atoms with Crippen LogP contribution in [0.3, 0.4) is 0 Å². The van der Waals surface area contributed by atoms with Crippen molar-refractivity contribution in [1.82, 2.24) is 5.32 Å². The molecule has 0 heterocycles. The average Bonchev–Trinajstić information content (AvgIpc) is 2.60. The van der Waals surface area contributed by atoms with Crippen LogP contribution in [0.1, 0.15) is 49.2 Å². The summed E-state index contributed by atoms with van der Waals surface area (Å²) in [6.45, 7) is 6.31. The number of carbonyl (C=O) groups excluding carboxylic acids is 1. The van der Waals surface area contributed by atoms with Crippen LogP contribution in [-0.4, -0.2) is 17.9 Å². The van der Waals surface area contributed by atoms with Crippen molar-refractivity contribution in [2.75, 3.05) is 7.11 Å². The van der Waals surface area contributed by atoms with E-state index >= 15 is 0 Å². The summed E-state index contributed by atoms with van der Waals surface area (Å²) < 4.78 is 4.98. The fourth-order valence-corrected chi connectivity index (χ4v) is 2.77. The molecule has 1 amide bonds. The molecule has 2 aromatic carbocycles. The Labute approximate surface area is 153 Å². The Morgan fingerprint density at radius 2 is 1.85 bits per heavy atom. The quantitative estimate of drug-likeness (QED) is 0.610. The van der Waals surface area contributed by atoms with Gasteiger partial charge in [0.25, 0.3) is 5.91 Å². The van der Waals surface area contributed by atoms with Gasteiger partial charge in [0.2, 0.25) is 0 Å². The summed E-state index contributed by atoms with van der Waals surface area (Å²) in [4.78, 5) is 23.3. The summed E-state index contributed by atoms with van der Waals surface area (Å²) >= 11 is 0. The molecule has 1 atom stereocenters. The maximum atomic E-state index is 12.7. The van der Waals surface area contributed by atoms with Gasteiger partial charge in [-0.2, -0.15) is 0 Å². The number of benzene rings is 2. The van der Waals surface area contributed by atoms with Gasteiger partial charge >= 0.3 is 5.69 Å². The number of hydrogen-bond acceptors (Lipinski definition) is 4. The number of nitrogens with zero attached hydrogens (tertiary/aromatic N) is 1. The first-order chi connectivity index (χ1) is 12.2. The molecule has 0 radical (unpaired) electrons. The molecule has 0 bridgehead atoms. The van der Waals surface area contributed by atoms with E-state index in [1.54, 1.807) is 0 Å². The summed E-state index contributed by atoms with van der Waals surface area (Å²) in [5.41, 5.74) is 0.998. The van der Waals surface area contributed by atoms with Gasteiger partial charge in [-0.05, 0) is 29.5 Å². The topological polar surface area (TPSA) is 81.5 Å². The SMILES string of the molecule is COc1ccc(C(=O)NC(CC(C)(C)C)c2ccccc2)cc1[N+](=O)[O-]. The first kappa shape index (κ1) is 19.4. The van der Waals surface area contributed by atoms with Crippen LogP contribution in [0, 0.1) is 15.5 Å². The molecule has 2 rings (SSSR count). The Balaban J connectivity index is 2.29. The number of carbonyl (C=O) groups is 1. The largest absolute Gasteiger partial charge is 0.490 e. The van der Waals surface area contributed by atoms with Gasteiger partial charge < -0.3 is 10.1 Å². The molecular formula is C20H24N2O4. The zero-order valence-corrected chi connectivity index (χ0v) is 15.5. The minimum absolute atomic E-state index is 0.000305. The van der Waals surface area contributed by atoms with Crippen molar-refractivity contribution < 1.29 is 14.5 Å². The van der Waals surface area contributed by atoms with E-state index in [1.807, 2.05) is 30.3 Å². The second-order valence-corrected chi connectivity index (χ2v) is 7.35. The average molecular weight is 356 g/mol. The van der Waals surface area contributed by atoms with E-state index in [9.17, 15) is 14.9 Å². The van der Waals surface area contributed by atoms with E-state index in [2.05, 4.69) is 26.1 Å². The van der Waals surface area contributed by atoms with Gasteiger partial charge in [0.1, 0.15) is 0 Å². The Morgan fingerprint density at radius 3 is 2.38 bits per heavy atom. The summed E-state index contributed by atoms with van der Waals surface area (Å²) in [5.74, 6) is -0.227. The van der Waals surface area contributed by atoms with Gasteiger partial charge in [0.05, 0.1) is 18.1 Å². The monoisotopic (exact) mass is 356 g/mol. The predicted octanol–water partition coefficient (Wildman–Crippen LogP) is 4.51. The van der Waals surface area contributed by atoms with Crippen molar-refractivity contribution in [1.29, 1.82) is 0 Å². The predicted molar refractivity (Wildman–Crippen MR) is 100 cm³/mol. The van der Waals surface area contributed by atoms with E-state index < -0.39 is 4.92 Å². The number of nitrogens with one attached hydrogen (secondary N) is 1. The number of nitro benzene ring substituents is 1. The molecule has 0 fully saturated rings. The normalized spacial score (nSPS) is 12.3. The van der Waals surface area contributed by atoms with Crippen LogP contribution in [0.4, 0.5) is 5.69 Å². The second kappa shape index (κ2) is 7.99. The summed E-state index contributed by atoms with van der Waals surface area (Å²) in [5, 5.41) is 14.2. The highest BCUT2D eigenvalue weighted by atomic mass is 16.6. The Kier molecular flexibility index (Phi) is 5.97. The third-order valence-electron chi connectivity index (χ3n) is 3.96. The van der Waals surface area contributed by atoms with Crippen molar-refractivity contribution in [3.8, 4) is 5.75 Å². The summed E-state index contributed by atoms with van der Waals surface area (Å²) in [6, 6.07) is 13.7. The highest BCUT2D eigenvalue weighted by Crippen LogP contribution is 2.31. The number of hydrogen-bond donors (Lipinski definition) is 1. The van der Waals surface area contributed by atoms with Gasteiger partial charge in [0.15, 0.2) is 5.75 Å². The summed E-state index contributed by atoms with van der Waals surface area (Å²) in [6.07, 6.45) is 0.737. The highest BCUT2D eigenvalue weighted by molar-refractivity contribution is 5.95. The molecule has 0 aliphatic rings. The van der Waals surface area contributed by atoms with Gasteiger partial charge in [-0.25, -0.2) is 0 Å². The highest BCUT2D eigenvalue weighted by Gasteiger charge is 2.24. The Hall–Kier alpha value is -2.89. The Morgan fingerprint density at radius 1 is 1.19 bits per heavy atom. The fourth-order valence-electron chi connectivity index (χ4n) is 2.77. The van der Waals surface area contributed by atoms with E-state index in [4.69, 9.17) is 4.74 Å².